The first kappa shape index (κ1) is 13.6. The number of hydrogen-bond donors (Lipinski definition) is 1. The van der Waals surface area contributed by atoms with Crippen LogP contribution in [0.25, 0.3) is 0 Å². The van der Waals surface area contributed by atoms with Crippen LogP contribution in [0.4, 0.5) is 0 Å². The van der Waals surface area contributed by atoms with Gasteiger partial charge in [0.2, 0.25) is 0 Å². The van der Waals surface area contributed by atoms with Gasteiger partial charge in [-0.2, -0.15) is 0 Å². The normalized spacial score (nSPS) is 43.3. The number of ether oxygens (including phenoxy) is 1. The highest BCUT2D eigenvalue weighted by Gasteiger charge is 2.54. The Kier molecular flexibility index (Phi) is 3.30. The predicted octanol–water partition coefficient (Wildman–Crippen LogP) is 2.83. The van der Waals surface area contributed by atoms with Gasteiger partial charge >= 0.3 is 5.97 Å². The maximum atomic E-state index is 11.8. The lowest BCUT2D eigenvalue weighted by molar-refractivity contribution is -0.202. The van der Waals surface area contributed by atoms with Crippen molar-refractivity contribution in [2.24, 2.45) is 11.8 Å². The molecular weight excluding hydrogens is 228 g/mol. The van der Waals surface area contributed by atoms with Gasteiger partial charge < -0.3 is 9.84 Å². The third-order valence-corrected chi connectivity index (χ3v) is 4.95. The Morgan fingerprint density at radius 1 is 1.44 bits per heavy atom. The van der Waals surface area contributed by atoms with Gasteiger partial charge in [0.15, 0.2) is 0 Å². The SMILES string of the molecule is C=C(C)C(=O)OC1(C)CC2CCCC(O)(C2)C1C. The van der Waals surface area contributed by atoms with Gasteiger partial charge in [-0.3, -0.25) is 0 Å². The number of fused-ring (bicyclic) bond motifs is 2. The quantitative estimate of drug-likeness (QED) is 0.607. The fourth-order valence-corrected chi connectivity index (χ4v) is 3.72. The molecule has 3 nitrogen and oxygen atoms in total. The summed E-state index contributed by atoms with van der Waals surface area (Å²) in [5, 5.41) is 10.7. The van der Waals surface area contributed by atoms with Crippen molar-refractivity contribution in [3.05, 3.63) is 12.2 Å². The van der Waals surface area contributed by atoms with Crippen LogP contribution in [0.2, 0.25) is 0 Å². The van der Waals surface area contributed by atoms with Crippen LogP contribution in [0, 0.1) is 11.8 Å². The maximum absolute atomic E-state index is 11.8. The minimum atomic E-state index is -0.661. The average Bonchev–Trinajstić information content (AvgIpc) is 2.26. The fraction of sp³-hybridized carbons (Fsp3) is 0.800. The lowest BCUT2D eigenvalue weighted by atomic mass is 9.58. The molecule has 4 unspecified atom stereocenters. The molecule has 0 saturated heterocycles. The summed E-state index contributed by atoms with van der Waals surface area (Å²) in [6.45, 7) is 9.26. The maximum Gasteiger partial charge on any atom is 0.333 e. The molecule has 0 aromatic carbocycles. The van der Waals surface area contributed by atoms with Crippen molar-refractivity contribution in [1.29, 1.82) is 0 Å². The third kappa shape index (κ3) is 2.20. The zero-order chi connectivity index (χ0) is 13.6. The lowest BCUT2D eigenvalue weighted by Gasteiger charge is -2.54. The van der Waals surface area contributed by atoms with Gasteiger partial charge in [-0.15, -0.1) is 0 Å². The molecule has 0 aromatic rings. The Labute approximate surface area is 109 Å². The summed E-state index contributed by atoms with van der Waals surface area (Å²) in [6.07, 6.45) is 4.75. The number of carbonyl (C=O) groups excluding carboxylic acids is 1. The van der Waals surface area contributed by atoms with Gasteiger partial charge in [-0.25, -0.2) is 4.79 Å². The van der Waals surface area contributed by atoms with E-state index >= 15 is 0 Å². The van der Waals surface area contributed by atoms with Crippen LogP contribution in [0.3, 0.4) is 0 Å². The molecule has 102 valence electrons. The molecule has 0 spiro atoms. The number of rotatable bonds is 2. The Morgan fingerprint density at radius 3 is 2.72 bits per heavy atom. The Balaban J connectivity index is 2.21. The highest BCUT2D eigenvalue weighted by molar-refractivity contribution is 5.87. The Bertz CT molecular complexity index is 376. The number of hydrogen-bond acceptors (Lipinski definition) is 3. The van der Waals surface area contributed by atoms with Crippen LogP contribution in [0.15, 0.2) is 12.2 Å². The minimum Gasteiger partial charge on any atom is -0.456 e. The summed E-state index contributed by atoms with van der Waals surface area (Å²) >= 11 is 0. The molecule has 1 N–H and O–H groups in total. The summed E-state index contributed by atoms with van der Waals surface area (Å²) in [5.74, 6) is 0.112. The molecule has 0 radical (unpaired) electrons. The van der Waals surface area contributed by atoms with Crippen LogP contribution in [-0.4, -0.2) is 22.3 Å². The van der Waals surface area contributed by atoms with Crippen molar-refractivity contribution in [2.75, 3.05) is 0 Å². The van der Waals surface area contributed by atoms with E-state index < -0.39 is 11.2 Å². The minimum absolute atomic E-state index is 0.0233. The molecule has 0 aromatic heterocycles. The molecule has 2 aliphatic rings. The molecule has 2 rings (SSSR count). The molecule has 2 aliphatic carbocycles. The largest absolute Gasteiger partial charge is 0.456 e. The van der Waals surface area contributed by atoms with Crippen molar-refractivity contribution in [1.82, 2.24) is 0 Å². The van der Waals surface area contributed by atoms with Gasteiger partial charge in [0.25, 0.3) is 0 Å². The number of esters is 1. The highest BCUT2D eigenvalue weighted by Crippen LogP contribution is 2.51. The molecule has 3 heteroatoms. The van der Waals surface area contributed by atoms with E-state index in [1.807, 2.05) is 13.8 Å². The molecule has 0 heterocycles. The van der Waals surface area contributed by atoms with Crippen molar-refractivity contribution in [2.45, 2.75) is 64.1 Å². The van der Waals surface area contributed by atoms with Gasteiger partial charge in [-0.05, 0) is 39.0 Å². The van der Waals surface area contributed by atoms with E-state index in [4.69, 9.17) is 4.74 Å². The summed E-state index contributed by atoms with van der Waals surface area (Å²) in [5.41, 5.74) is -0.800. The molecule has 2 saturated carbocycles. The predicted molar refractivity (Wildman–Crippen MR) is 70.0 cm³/mol. The zero-order valence-corrected chi connectivity index (χ0v) is 11.7. The first-order chi connectivity index (χ1) is 8.27. The van der Waals surface area contributed by atoms with Crippen LogP contribution >= 0.6 is 0 Å². The molecule has 2 bridgehead atoms. The molecule has 0 aliphatic heterocycles. The van der Waals surface area contributed by atoms with Crippen molar-refractivity contribution >= 4 is 5.97 Å². The Hall–Kier alpha value is -0.830. The van der Waals surface area contributed by atoms with Gasteiger partial charge in [0.1, 0.15) is 5.60 Å². The van der Waals surface area contributed by atoms with Crippen LogP contribution in [0.5, 0.6) is 0 Å². The molecule has 4 atom stereocenters. The highest BCUT2D eigenvalue weighted by atomic mass is 16.6. The van der Waals surface area contributed by atoms with E-state index in [0.29, 0.717) is 11.5 Å². The van der Waals surface area contributed by atoms with E-state index in [1.54, 1.807) is 6.92 Å². The third-order valence-electron chi connectivity index (χ3n) is 4.95. The summed E-state index contributed by atoms with van der Waals surface area (Å²) < 4.78 is 5.66. The van der Waals surface area contributed by atoms with Crippen molar-refractivity contribution in [3.63, 3.8) is 0 Å². The van der Waals surface area contributed by atoms with E-state index in [0.717, 1.165) is 32.1 Å². The van der Waals surface area contributed by atoms with Crippen LogP contribution in [-0.2, 0) is 9.53 Å². The second-order valence-corrected chi connectivity index (χ2v) is 6.47. The molecule has 0 amide bonds. The van der Waals surface area contributed by atoms with Gasteiger partial charge in [0, 0.05) is 11.5 Å². The monoisotopic (exact) mass is 252 g/mol. The van der Waals surface area contributed by atoms with E-state index in [2.05, 4.69) is 6.58 Å². The summed E-state index contributed by atoms with van der Waals surface area (Å²) in [6, 6.07) is 0. The van der Waals surface area contributed by atoms with Crippen molar-refractivity contribution in [3.8, 4) is 0 Å². The van der Waals surface area contributed by atoms with Crippen LogP contribution in [0.1, 0.15) is 52.9 Å². The fourth-order valence-electron chi connectivity index (χ4n) is 3.72. The molecule has 18 heavy (non-hydrogen) atoms. The number of aliphatic hydroxyl groups is 1. The lowest BCUT2D eigenvalue weighted by Crippen LogP contribution is -2.58. The molecular formula is C15H24O3. The van der Waals surface area contributed by atoms with E-state index in [-0.39, 0.29) is 11.9 Å². The van der Waals surface area contributed by atoms with Gasteiger partial charge in [0.05, 0.1) is 5.60 Å². The summed E-state index contributed by atoms with van der Waals surface area (Å²) in [4.78, 5) is 11.8. The van der Waals surface area contributed by atoms with E-state index in [1.165, 1.54) is 0 Å². The first-order valence-corrected chi connectivity index (χ1v) is 6.88. The van der Waals surface area contributed by atoms with Crippen LogP contribution < -0.4 is 0 Å². The second kappa shape index (κ2) is 4.37. The smallest absolute Gasteiger partial charge is 0.333 e. The van der Waals surface area contributed by atoms with Crippen molar-refractivity contribution < 1.29 is 14.6 Å². The number of carbonyl (C=O) groups is 1. The average molecular weight is 252 g/mol. The second-order valence-electron chi connectivity index (χ2n) is 6.47. The zero-order valence-electron chi connectivity index (χ0n) is 11.7. The Morgan fingerprint density at radius 2 is 2.11 bits per heavy atom. The van der Waals surface area contributed by atoms with Gasteiger partial charge in [-0.1, -0.05) is 26.3 Å². The first-order valence-electron chi connectivity index (χ1n) is 6.88. The van der Waals surface area contributed by atoms with E-state index in [9.17, 15) is 9.90 Å². The molecule has 2 fully saturated rings. The topological polar surface area (TPSA) is 46.5 Å². The summed E-state index contributed by atoms with van der Waals surface area (Å²) in [7, 11) is 0. The standard InChI is InChI=1S/C15H24O3/c1-10(2)13(16)18-14(4)8-12-6-5-7-15(17,9-12)11(14)3/h11-12,17H,1,5-9H2,2-4H3.